The van der Waals surface area contributed by atoms with Crippen molar-refractivity contribution >= 4 is 5.91 Å². The monoisotopic (exact) mass is 268 g/mol. The summed E-state index contributed by atoms with van der Waals surface area (Å²) >= 11 is 0. The van der Waals surface area contributed by atoms with Crippen LogP contribution in [0.15, 0.2) is 18.2 Å². The summed E-state index contributed by atoms with van der Waals surface area (Å²) in [7, 11) is 1.38. The minimum Gasteiger partial charge on any atom is -0.494 e. The maximum absolute atomic E-state index is 13.5. The standard InChI is InChI=1S/C13H17FN2O3/c1-18-12-3-2-9(6-11(12)14)13(17)16-7-10-8-19-5-4-15-10/h2-3,6,10,15H,4-5,7-8H2,1H3,(H,16,17). The van der Waals surface area contributed by atoms with E-state index in [1.54, 1.807) is 0 Å². The number of amides is 1. The van der Waals surface area contributed by atoms with Crippen molar-refractivity contribution in [3.8, 4) is 5.75 Å². The van der Waals surface area contributed by atoms with E-state index in [2.05, 4.69) is 10.6 Å². The lowest BCUT2D eigenvalue weighted by Crippen LogP contribution is -2.48. The third-order valence-corrected chi connectivity index (χ3v) is 2.92. The predicted molar refractivity (Wildman–Crippen MR) is 67.9 cm³/mol. The van der Waals surface area contributed by atoms with Gasteiger partial charge in [-0.3, -0.25) is 4.79 Å². The molecule has 1 aromatic carbocycles. The molecule has 1 atom stereocenters. The molecule has 19 heavy (non-hydrogen) atoms. The first-order valence-corrected chi connectivity index (χ1v) is 6.13. The van der Waals surface area contributed by atoms with Crippen LogP contribution in [-0.4, -0.2) is 45.4 Å². The van der Waals surface area contributed by atoms with Gasteiger partial charge in [-0.2, -0.15) is 0 Å². The molecule has 6 heteroatoms. The van der Waals surface area contributed by atoms with Crippen LogP contribution in [-0.2, 0) is 4.74 Å². The van der Waals surface area contributed by atoms with E-state index >= 15 is 0 Å². The molecule has 0 spiro atoms. The summed E-state index contributed by atoms with van der Waals surface area (Å²) in [5.41, 5.74) is 0.273. The highest BCUT2D eigenvalue weighted by Crippen LogP contribution is 2.17. The van der Waals surface area contributed by atoms with Gasteiger partial charge >= 0.3 is 0 Å². The lowest BCUT2D eigenvalue weighted by atomic mass is 10.2. The van der Waals surface area contributed by atoms with Crippen LogP contribution in [0.4, 0.5) is 4.39 Å². The average Bonchev–Trinajstić information content (AvgIpc) is 2.45. The van der Waals surface area contributed by atoms with E-state index in [0.29, 0.717) is 19.8 Å². The quantitative estimate of drug-likeness (QED) is 0.837. The van der Waals surface area contributed by atoms with Gasteiger partial charge in [-0.05, 0) is 18.2 Å². The van der Waals surface area contributed by atoms with Gasteiger partial charge in [-0.25, -0.2) is 4.39 Å². The van der Waals surface area contributed by atoms with Gasteiger partial charge in [0.2, 0.25) is 0 Å². The van der Waals surface area contributed by atoms with E-state index in [-0.39, 0.29) is 23.3 Å². The third kappa shape index (κ3) is 3.65. The van der Waals surface area contributed by atoms with Gasteiger partial charge in [0.05, 0.1) is 20.3 Å². The molecule has 1 fully saturated rings. The molecule has 0 aliphatic carbocycles. The summed E-state index contributed by atoms with van der Waals surface area (Å²) < 4.78 is 23.5. The maximum Gasteiger partial charge on any atom is 0.251 e. The Morgan fingerprint density at radius 2 is 2.47 bits per heavy atom. The molecule has 5 nitrogen and oxygen atoms in total. The van der Waals surface area contributed by atoms with Crippen molar-refractivity contribution in [3.63, 3.8) is 0 Å². The Hall–Kier alpha value is -1.66. The Labute approximate surface area is 111 Å². The summed E-state index contributed by atoms with van der Waals surface area (Å²) in [6.45, 7) is 2.48. The summed E-state index contributed by atoms with van der Waals surface area (Å²) in [4.78, 5) is 11.9. The van der Waals surface area contributed by atoms with Crippen molar-refractivity contribution in [3.05, 3.63) is 29.6 Å². The van der Waals surface area contributed by atoms with Gasteiger partial charge in [0, 0.05) is 24.7 Å². The van der Waals surface area contributed by atoms with Crippen LogP contribution in [0.5, 0.6) is 5.75 Å². The number of hydrogen-bond acceptors (Lipinski definition) is 4. The number of halogens is 1. The van der Waals surface area contributed by atoms with Gasteiger partial charge < -0.3 is 20.1 Å². The van der Waals surface area contributed by atoms with Crippen molar-refractivity contribution in [2.24, 2.45) is 0 Å². The lowest BCUT2D eigenvalue weighted by molar-refractivity contribution is 0.0734. The Morgan fingerprint density at radius 1 is 1.63 bits per heavy atom. The Kier molecular flexibility index (Phi) is 4.70. The van der Waals surface area contributed by atoms with Crippen molar-refractivity contribution in [1.29, 1.82) is 0 Å². The van der Waals surface area contributed by atoms with Crippen LogP contribution < -0.4 is 15.4 Å². The van der Waals surface area contributed by atoms with Crippen molar-refractivity contribution < 1.29 is 18.7 Å². The Balaban J connectivity index is 1.90. The second-order valence-electron chi connectivity index (χ2n) is 4.29. The number of hydrogen-bond donors (Lipinski definition) is 2. The fourth-order valence-corrected chi connectivity index (χ4v) is 1.88. The molecule has 1 heterocycles. The molecule has 1 aromatic rings. The van der Waals surface area contributed by atoms with Gasteiger partial charge in [0.1, 0.15) is 0 Å². The molecule has 0 bridgehead atoms. The molecule has 1 amide bonds. The van der Waals surface area contributed by atoms with Gasteiger partial charge in [0.15, 0.2) is 11.6 Å². The second-order valence-corrected chi connectivity index (χ2v) is 4.29. The first-order valence-electron chi connectivity index (χ1n) is 6.13. The maximum atomic E-state index is 13.5. The lowest BCUT2D eigenvalue weighted by Gasteiger charge is -2.23. The van der Waals surface area contributed by atoms with Crippen LogP contribution in [0.2, 0.25) is 0 Å². The molecule has 0 radical (unpaired) electrons. The molecule has 104 valence electrons. The van der Waals surface area contributed by atoms with E-state index in [4.69, 9.17) is 9.47 Å². The number of methoxy groups -OCH3 is 1. The van der Waals surface area contributed by atoms with Crippen molar-refractivity contribution in [1.82, 2.24) is 10.6 Å². The van der Waals surface area contributed by atoms with Crippen LogP contribution in [0, 0.1) is 5.82 Å². The molecule has 1 aliphatic heterocycles. The smallest absolute Gasteiger partial charge is 0.251 e. The van der Waals surface area contributed by atoms with Crippen LogP contribution >= 0.6 is 0 Å². The SMILES string of the molecule is COc1ccc(C(=O)NCC2COCCN2)cc1F. The Morgan fingerprint density at radius 3 is 3.11 bits per heavy atom. The number of morpholine rings is 1. The largest absolute Gasteiger partial charge is 0.494 e. The van der Waals surface area contributed by atoms with E-state index in [1.165, 1.54) is 25.3 Å². The van der Waals surface area contributed by atoms with E-state index < -0.39 is 5.82 Å². The van der Waals surface area contributed by atoms with E-state index in [1.807, 2.05) is 0 Å². The molecular formula is C13H17FN2O3. The topological polar surface area (TPSA) is 59.6 Å². The molecular weight excluding hydrogens is 251 g/mol. The number of carbonyl (C=O) groups excluding carboxylic acids is 1. The second kappa shape index (κ2) is 6.49. The number of rotatable bonds is 4. The number of carbonyl (C=O) groups is 1. The Bertz CT molecular complexity index is 448. The predicted octanol–water partition coefficient (Wildman–Crippen LogP) is 0.552. The first-order chi connectivity index (χ1) is 9.20. The van der Waals surface area contributed by atoms with Gasteiger partial charge in [-0.1, -0.05) is 0 Å². The average molecular weight is 268 g/mol. The van der Waals surface area contributed by atoms with E-state index in [9.17, 15) is 9.18 Å². The highest BCUT2D eigenvalue weighted by atomic mass is 19.1. The zero-order valence-electron chi connectivity index (χ0n) is 10.7. The molecule has 2 rings (SSSR count). The summed E-state index contributed by atoms with van der Waals surface area (Å²) in [6, 6.07) is 4.23. The van der Waals surface area contributed by atoms with Crippen LogP contribution in [0.1, 0.15) is 10.4 Å². The van der Waals surface area contributed by atoms with Crippen LogP contribution in [0.3, 0.4) is 0 Å². The number of benzene rings is 1. The number of nitrogens with one attached hydrogen (secondary N) is 2. The minimum absolute atomic E-state index is 0.0980. The third-order valence-electron chi connectivity index (χ3n) is 2.92. The molecule has 0 saturated carbocycles. The highest BCUT2D eigenvalue weighted by molar-refractivity contribution is 5.94. The number of ether oxygens (including phenoxy) is 2. The molecule has 0 aromatic heterocycles. The molecule has 1 saturated heterocycles. The zero-order valence-corrected chi connectivity index (χ0v) is 10.7. The van der Waals surface area contributed by atoms with Gasteiger partial charge in [0.25, 0.3) is 5.91 Å². The highest BCUT2D eigenvalue weighted by Gasteiger charge is 2.15. The molecule has 2 N–H and O–H groups in total. The van der Waals surface area contributed by atoms with Crippen molar-refractivity contribution in [2.45, 2.75) is 6.04 Å². The summed E-state index contributed by atoms with van der Waals surface area (Å²) in [5.74, 6) is -0.734. The zero-order chi connectivity index (χ0) is 13.7. The summed E-state index contributed by atoms with van der Waals surface area (Å²) in [6.07, 6.45) is 0. The first kappa shape index (κ1) is 13.8. The van der Waals surface area contributed by atoms with Crippen LogP contribution in [0.25, 0.3) is 0 Å². The van der Waals surface area contributed by atoms with E-state index in [0.717, 1.165) is 6.54 Å². The van der Waals surface area contributed by atoms with Gasteiger partial charge in [-0.15, -0.1) is 0 Å². The minimum atomic E-state index is -0.547. The van der Waals surface area contributed by atoms with Crippen molar-refractivity contribution in [2.75, 3.05) is 33.4 Å². The fourth-order valence-electron chi connectivity index (χ4n) is 1.88. The molecule has 1 aliphatic rings. The molecule has 1 unspecified atom stereocenters. The summed E-state index contributed by atoms with van der Waals surface area (Å²) in [5, 5.41) is 5.97. The normalized spacial score (nSPS) is 18.9. The fraction of sp³-hybridized carbons (Fsp3) is 0.462.